The Morgan fingerprint density at radius 3 is 2.11 bits per heavy atom. The maximum absolute atomic E-state index is 13.2. The summed E-state index contributed by atoms with van der Waals surface area (Å²) in [6.45, 7) is 30.2. The van der Waals surface area contributed by atoms with Gasteiger partial charge in [0.05, 0.1) is 19.4 Å². The predicted molar refractivity (Wildman–Crippen MR) is 214 cm³/mol. The summed E-state index contributed by atoms with van der Waals surface area (Å²) in [5, 5.41) is 9.34. The van der Waals surface area contributed by atoms with Gasteiger partial charge in [0, 0.05) is 18.8 Å². The Bertz CT molecular complexity index is 1430. The molecule has 5 unspecified atom stereocenters. The fourth-order valence-corrected chi connectivity index (χ4v) is 13.9. The number of ether oxygens (including phenoxy) is 4. The van der Waals surface area contributed by atoms with Crippen LogP contribution < -0.4 is 0 Å². The van der Waals surface area contributed by atoms with Gasteiger partial charge in [0.25, 0.3) is 0 Å². The highest BCUT2D eigenvalue weighted by atomic mass is 16.8. The minimum atomic E-state index is -0.994. The molecule has 0 radical (unpaired) electrons. The lowest BCUT2D eigenvalue weighted by molar-refractivity contribution is -0.250. The second-order valence-corrected chi connectivity index (χ2v) is 20.2. The third kappa shape index (κ3) is 8.52. The normalized spacial score (nSPS) is 37.9. The van der Waals surface area contributed by atoms with Crippen LogP contribution in [0.4, 0.5) is 4.79 Å². The van der Waals surface area contributed by atoms with Crippen LogP contribution in [-0.2, 0) is 33.3 Å². The van der Waals surface area contributed by atoms with Crippen LogP contribution in [-0.4, -0.2) is 48.2 Å². The van der Waals surface area contributed by atoms with Gasteiger partial charge in [0.2, 0.25) is 6.29 Å². The first-order valence-electron chi connectivity index (χ1n) is 21.6. The first kappa shape index (κ1) is 45.1. The van der Waals surface area contributed by atoms with Crippen LogP contribution in [0.15, 0.2) is 12.2 Å². The van der Waals surface area contributed by atoms with Gasteiger partial charge in [-0.3, -0.25) is 14.4 Å². The van der Waals surface area contributed by atoms with Crippen molar-refractivity contribution in [2.45, 2.75) is 185 Å². The highest BCUT2D eigenvalue weighted by molar-refractivity contribution is 5.73. The molecule has 5 fully saturated rings. The monoisotopic (exact) mass is 773 g/mol. The number of carbonyl (C=O) groups is 4. The number of fused-ring (bicyclic) bond motifs is 7. The molecule has 0 aliphatic heterocycles. The molecule has 9 nitrogen and oxygen atoms in total. The lowest BCUT2D eigenvalue weighted by atomic mass is 9.32. The number of allylic oxidation sites excluding steroid dienone is 1. The summed E-state index contributed by atoms with van der Waals surface area (Å²) in [5.74, 6) is 0.928. The van der Waals surface area contributed by atoms with Crippen LogP contribution >= 0.6 is 0 Å². The molecule has 0 aromatic heterocycles. The van der Waals surface area contributed by atoms with Crippen LogP contribution in [0.3, 0.4) is 0 Å². The fourth-order valence-electron chi connectivity index (χ4n) is 13.9. The van der Waals surface area contributed by atoms with E-state index in [2.05, 4.69) is 48.1 Å². The van der Waals surface area contributed by atoms with E-state index in [1.165, 1.54) is 18.4 Å². The van der Waals surface area contributed by atoms with Gasteiger partial charge in [-0.15, -0.1) is 0 Å². The molecule has 5 aliphatic rings. The van der Waals surface area contributed by atoms with Crippen LogP contribution in [0.1, 0.15) is 173 Å². The quantitative estimate of drug-likeness (QED) is 0.0893. The summed E-state index contributed by atoms with van der Waals surface area (Å²) in [7, 11) is 0. The highest BCUT2D eigenvalue weighted by Crippen LogP contribution is 2.78. The van der Waals surface area contributed by atoms with E-state index in [1.807, 2.05) is 27.7 Å². The van der Waals surface area contributed by atoms with E-state index >= 15 is 0 Å². The molecule has 0 spiro atoms. The molecular formula is C46H76O9. The van der Waals surface area contributed by atoms with Gasteiger partial charge in [-0.05, 0) is 141 Å². The van der Waals surface area contributed by atoms with Gasteiger partial charge in [0.1, 0.15) is 6.10 Å². The van der Waals surface area contributed by atoms with Crippen molar-refractivity contribution in [3.05, 3.63) is 12.2 Å². The second-order valence-electron chi connectivity index (χ2n) is 20.2. The van der Waals surface area contributed by atoms with Crippen molar-refractivity contribution in [2.75, 3.05) is 6.61 Å². The average molecular weight is 773 g/mol. The Balaban J connectivity index is 0.00000331. The second kappa shape index (κ2) is 16.7. The van der Waals surface area contributed by atoms with E-state index in [9.17, 15) is 24.3 Å². The summed E-state index contributed by atoms with van der Waals surface area (Å²) in [6.07, 6.45) is 10.1. The molecular weight excluding hydrogens is 696 g/mol. The summed E-state index contributed by atoms with van der Waals surface area (Å²) in [4.78, 5) is 49.5. The molecule has 9 heteroatoms. The summed E-state index contributed by atoms with van der Waals surface area (Å²) in [6, 6.07) is 0. The molecule has 0 aromatic carbocycles. The lowest BCUT2D eigenvalue weighted by Crippen LogP contribution is -2.66. The Labute approximate surface area is 332 Å². The molecule has 5 rings (SSSR count). The number of hydrogen-bond acceptors (Lipinski definition) is 8. The number of esters is 2. The van der Waals surface area contributed by atoms with Gasteiger partial charge in [0.15, 0.2) is 0 Å². The number of carbonyl (C=O) groups excluding carboxylic acids is 3. The van der Waals surface area contributed by atoms with Crippen molar-refractivity contribution in [1.29, 1.82) is 0 Å². The van der Waals surface area contributed by atoms with Crippen molar-refractivity contribution < 1.29 is 43.2 Å². The lowest BCUT2D eigenvalue weighted by Gasteiger charge is -2.73. The topological polar surface area (TPSA) is 125 Å². The van der Waals surface area contributed by atoms with Gasteiger partial charge >= 0.3 is 24.1 Å². The molecule has 314 valence electrons. The van der Waals surface area contributed by atoms with E-state index in [0.29, 0.717) is 36.0 Å². The van der Waals surface area contributed by atoms with Gasteiger partial charge in [-0.2, -0.15) is 0 Å². The minimum Gasteiger partial charge on any atom is -0.481 e. The maximum atomic E-state index is 13.2. The van der Waals surface area contributed by atoms with E-state index < -0.39 is 23.8 Å². The largest absolute Gasteiger partial charge is 0.511 e. The van der Waals surface area contributed by atoms with Crippen LogP contribution in [0.2, 0.25) is 0 Å². The van der Waals surface area contributed by atoms with Crippen LogP contribution in [0, 0.1) is 62.1 Å². The van der Waals surface area contributed by atoms with E-state index in [0.717, 1.165) is 57.8 Å². The summed E-state index contributed by atoms with van der Waals surface area (Å²) >= 11 is 0. The maximum Gasteiger partial charge on any atom is 0.511 e. The van der Waals surface area contributed by atoms with E-state index in [-0.39, 0.29) is 64.6 Å². The molecule has 0 saturated heterocycles. The molecule has 0 heterocycles. The first-order chi connectivity index (χ1) is 25.5. The van der Waals surface area contributed by atoms with Gasteiger partial charge < -0.3 is 24.1 Å². The smallest absolute Gasteiger partial charge is 0.481 e. The third-order valence-electron chi connectivity index (χ3n) is 16.4. The number of rotatable bonds is 12. The van der Waals surface area contributed by atoms with Crippen LogP contribution in [0.25, 0.3) is 0 Å². The third-order valence-corrected chi connectivity index (χ3v) is 16.4. The highest BCUT2D eigenvalue weighted by Gasteiger charge is 2.71. The van der Waals surface area contributed by atoms with E-state index in [1.54, 1.807) is 13.8 Å². The van der Waals surface area contributed by atoms with Crippen molar-refractivity contribution in [3.8, 4) is 0 Å². The first-order valence-corrected chi connectivity index (χ1v) is 21.6. The Hall–Kier alpha value is -2.58. The van der Waals surface area contributed by atoms with Crippen molar-refractivity contribution in [1.82, 2.24) is 0 Å². The number of aliphatic carboxylic acids is 1. The predicted octanol–water partition coefficient (Wildman–Crippen LogP) is 11.3. The molecule has 5 aliphatic carbocycles. The van der Waals surface area contributed by atoms with Gasteiger partial charge in [-0.1, -0.05) is 74.5 Å². The Kier molecular flexibility index (Phi) is 13.7. The molecule has 0 aromatic rings. The summed E-state index contributed by atoms with van der Waals surface area (Å²) < 4.78 is 21.7. The molecule has 11 atom stereocenters. The molecule has 0 amide bonds. The summed E-state index contributed by atoms with van der Waals surface area (Å²) in [5.41, 5.74) is 0.926. The standard InChI is InChI=1S/C44H70O9.C2H6/c1-12-50-38(49)52-28(4)51-35(47)18-22-44-21-15-29(27(2)3)37(44)30-13-14-32-41(9)19-17-33(53-36(48)26-39(5,6)25-34(45)46)40(7,8)31(41)16-20-43(32,11)42(30,10)23-24-44;1-2/h28-33,37H,2,12-26H2,1,3-11H3,(H,45,46);1-2H3/t28?,29-,30+,31?,32?,33?,37?,41-,42+,43+,44-;/m0./s1. The average Bonchev–Trinajstić information content (AvgIpc) is 3.46. The zero-order chi connectivity index (χ0) is 41.4. The number of carboxylic acid groups (broad SMARTS) is 1. The van der Waals surface area contributed by atoms with Gasteiger partial charge in [-0.25, -0.2) is 4.79 Å². The SMILES string of the molecule is C=C(C)[C@@H]1CC[C@]2(CCC(=O)OC(C)OC(=O)OCC)CC[C@]3(C)[C@H](CCC4[C@@]5(C)CCC(OC(=O)CC(C)(C)CC(=O)O)C(C)(C)C5CC[C@]43C)C12.CC. The minimum absolute atomic E-state index is 0.0608. The van der Waals surface area contributed by atoms with E-state index in [4.69, 9.17) is 18.9 Å². The van der Waals surface area contributed by atoms with Crippen molar-refractivity contribution in [3.63, 3.8) is 0 Å². The number of hydrogen-bond donors (Lipinski definition) is 1. The molecule has 55 heavy (non-hydrogen) atoms. The fraction of sp³-hybridized carbons (Fsp3) is 0.870. The zero-order valence-electron chi connectivity index (χ0n) is 36.6. The zero-order valence-corrected chi connectivity index (χ0v) is 36.6. The Morgan fingerprint density at radius 1 is 0.818 bits per heavy atom. The van der Waals surface area contributed by atoms with Crippen molar-refractivity contribution >= 4 is 24.1 Å². The number of carboxylic acids is 1. The van der Waals surface area contributed by atoms with Crippen molar-refractivity contribution in [2.24, 2.45) is 62.1 Å². The van der Waals surface area contributed by atoms with Crippen LogP contribution in [0.5, 0.6) is 0 Å². The Morgan fingerprint density at radius 2 is 1.49 bits per heavy atom. The molecule has 1 N–H and O–H groups in total. The molecule has 0 bridgehead atoms. The molecule has 5 saturated carbocycles.